The second kappa shape index (κ2) is 6.58. The molecule has 0 saturated carbocycles. The van der Waals surface area contributed by atoms with Gasteiger partial charge in [0, 0.05) is 30.6 Å². The van der Waals surface area contributed by atoms with Crippen LogP contribution in [0.2, 0.25) is 0 Å². The van der Waals surface area contributed by atoms with Gasteiger partial charge < -0.3 is 15.4 Å². The monoisotopic (exact) mass is 406 g/mol. The Kier molecular flexibility index (Phi) is 4.09. The molecule has 1 aliphatic rings. The molecule has 0 bridgehead atoms. The van der Waals surface area contributed by atoms with Crippen LogP contribution < -0.4 is 15.4 Å². The quantitative estimate of drug-likeness (QED) is 0.558. The predicted octanol–water partition coefficient (Wildman–Crippen LogP) is 2.81. The van der Waals surface area contributed by atoms with Gasteiger partial charge in [-0.05, 0) is 39.3 Å². The standard InChI is InChI=1S/C21H26N8O/c1-21(2,3)28-12-14(10-23-28)27-9-8-13(11-27)18-25-19-15-6-5-7-16(30-4)17(15)24-20(22)29(19)26-18/h5-7,10,12-13H,8-9,11H2,1-4H3,(H2,22,24)/t13-/m1/s1. The van der Waals surface area contributed by atoms with Crippen molar-refractivity contribution >= 4 is 28.2 Å². The number of anilines is 2. The lowest BCUT2D eigenvalue weighted by Crippen LogP contribution is -2.22. The third-order valence-electron chi connectivity index (χ3n) is 5.70. The molecular formula is C21H26N8O. The van der Waals surface area contributed by atoms with E-state index in [1.54, 1.807) is 11.6 Å². The van der Waals surface area contributed by atoms with E-state index in [4.69, 9.17) is 20.6 Å². The summed E-state index contributed by atoms with van der Waals surface area (Å²) < 4.78 is 9.08. The maximum Gasteiger partial charge on any atom is 0.223 e. The van der Waals surface area contributed by atoms with Gasteiger partial charge in [-0.3, -0.25) is 4.68 Å². The highest BCUT2D eigenvalue weighted by Gasteiger charge is 2.29. The summed E-state index contributed by atoms with van der Waals surface area (Å²) in [6.45, 7) is 8.23. The molecule has 30 heavy (non-hydrogen) atoms. The topological polar surface area (TPSA) is 99.4 Å². The van der Waals surface area contributed by atoms with Crippen LogP contribution in [0.25, 0.3) is 16.6 Å². The van der Waals surface area contributed by atoms with Gasteiger partial charge in [-0.2, -0.15) is 9.61 Å². The molecule has 5 rings (SSSR count). The number of nitrogens with two attached hydrogens (primary N) is 1. The van der Waals surface area contributed by atoms with Gasteiger partial charge in [0.15, 0.2) is 11.5 Å². The van der Waals surface area contributed by atoms with Crippen molar-refractivity contribution in [3.8, 4) is 5.75 Å². The zero-order valence-electron chi connectivity index (χ0n) is 17.7. The molecule has 9 nitrogen and oxygen atoms in total. The highest BCUT2D eigenvalue weighted by Crippen LogP contribution is 2.32. The van der Waals surface area contributed by atoms with Crippen LogP contribution in [-0.4, -0.2) is 49.6 Å². The summed E-state index contributed by atoms with van der Waals surface area (Å²) >= 11 is 0. The summed E-state index contributed by atoms with van der Waals surface area (Å²) in [5, 5.41) is 10.1. The molecule has 0 radical (unpaired) electrons. The fourth-order valence-electron chi connectivity index (χ4n) is 4.03. The Morgan fingerprint density at radius 3 is 2.77 bits per heavy atom. The number of aromatic nitrogens is 6. The van der Waals surface area contributed by atoms with E-state index < -0.39 is 0 Å². The highest BCUT2D eigenvalue weighted by atomic mass is 16.5. The molecule has 1 aromatic carbocycles. The largest absolute Gasteiger partial charge is 0.494 e. The van der Waals surface area contributed by atoms with Gasteiger partial charge in [0.05, 0.1) is 24.5 Å². The third kappa shape index (κ3) is 2.92. The first-order valence-electron chi connectivity index (χ1n) is 10.1. The number of para-hydroxylation sites is 1. The number of hydrogen-bond donors (Lipinski definition) is 1. The van der Waals surface area contributed by atoms with E-state index in [1.807, 2.05) is 29.1 Å². The number of ether oxygens (including phenoxy) is 1. The van der Waals surface area contributed by atoms with Gasteiger partial charge in [-0.15, -0.1) is 5.10 Å². The van der Waals surface area contributed by atoms with Gasteiger partial charge in [0.1, 0.15) is 11.3 Å². The lowest BCUT2D eigenvalue weighted by Gasteiger charge is -2.20. The van der Waals surface area contributed by atoms with E-state index in [2.05, 4.69) is 42.0 Å². The van der Waals surface area contributed by atoms with Crippen molar-refractivity contribution in [1.29, 1.82) is 0 Å². The summed E-state index contributed by atoms with van der Waals surface area (Å²) in [4.78, 5) is 11.7. The van der Waals surface area contributed by atoms with Crippen molar-refractivity contribution in [3.63, 3.8) is 0 Å². The summed E-state index contributed by atoms with van der Waals surface area (Å²) in [6, 6.07) is 5.77. The molecule has 9 heteroatoms. The average Bonchev–Trinajstić information content (AvgIpc) is 3.45. The Morgan fingerprint density at radius 2 is 2.03 bits per heavy atom. The Bertz CT molecular complexity index is 1240. The van der Waals surface area contributed by atoms with Crippen molar-refractivity contribution in [1.82, 2.24) is 29.4 Å². The van der Waals surface area contributed by atoms with Gasteiger partial charge in [0.2, 0.25) is 5.95 Å². The first-order chi connectivity index (χ1) is 14.3. The minimum absolute atomic E-state index is 0.0346. The minimum atomic E-state index is -0.0346. The fourth-order valence-corrected chi connectivity index (χ4v) is 4.03. The van der Waals surface area contributed by atoms with Crippen LogP contribution in [0.3, 0.4) is 0 Å². The van der Waals surface area contributed by atoms with Crippen molar-refractivity contribution < 1.29 is 4.74 Å². The molecule has 156 valence electrons. The molecule has 0 unspecified atom stereocenters. The Morgan fingerprint density at radius 1 is 1.20 bits per heavy atom. The van der Waals surface area contributed by atoms with E-state index >= 15 is 0 Å². The maximum atomic E-state index is 6.19. The lowest BCUT2D eigenvalue weighted by molar-refractivity contribution is 0.355. The molecule has 0 spiro atoms. The molecule has 2 N–H and O–H groups in total. The number of nitrogen functional groups attached to an aromatic ring is 1. The first-order valence-corrected chi connectivity index (χ1v) is 10.1. The van der Waals surface area contributed by atoms with Crippen molar-refractivity contribution in [2.24, 2.45) is 0 Å². The van der Waals surface area contributed by atoms with Gasteiger partial charge in [0.25, 0.3) is 0 Å². The Balaban J connectivity index is 1.48. The summed E-state index contributed by atoms with van der Waals surface area (Å²) in [6.07, 6.45) is 5.03. The molecule has 1 aliphatic heterocycles. The van der Waals surface area contributed by atoms with Crippen molar-refractivity contribution in [3.05, 3.63) is 36.4 Å². The summed E-state index contributed by atoms with van der Waals surface area (Å²) in [7, 11) is 1.63. The highest BCUT2D eigenvalue weighted by molar-refractivity contribution is 5.95. The van der Waals surface area contributed by atoms with Crippen LogP contribution in [0.4, 0.5) is 11.6 Å². The number of rotatable bonds is 3. The third-order valence-corrected chi connectivity index (χ3v) is 5.70. The van der Waals surface area contributed by atoms with Crippen molar-refractivity contribution in [2.75, 3.05) is 30.8 Å². The summed E-state index contributed by atoms with van der Waals surface area (Å²) in [5.74, 6) is 2.00. The van der Waals surface area contributed by atoms with Crippen LogP contribution in [0, 0.1) is 0 Å². The van der Waals surface area contributed by atoms with Crippen molar-refractivity contribution in [2.45, 2.75) is 38.6 Å². The molecule has 1 saturated heterocycles. The molecule has 0 amide bonds. The molecule has 3 aromatic heterocycles. The maximum absolute atomic E-state index is 6.19. The molecule has 4 aromatic rings. The van der Waals surface area contributed by atoms with Crippen LogP contribution >= 0.6 is 0 Å². The molecule has 1 fully saturated rings. The van der Waals surface area contributed by atoms with Crippen LogP contribution in [0.5, 0.6) is 5.75 Å². The molecular weight excluding hydrogens is 380 g/mol. The van der Waals surface area contributed by atoms with Gasteiger partial charge >= 0.3 is 0 Å². The Hall–Kier alpha value is -3.36. The smallest absolute Gasteiger partial charge is 0.223 e. The average molecular weight is 406 g/mol. The predicted molar refractivity (Wildman–Crippen MR) is 116 cm³/mol. The van der Waals surface area contributed by atoms with Gasteiger partial charge in [-0.25, -0.2) is 9.97 Å². The molecule has 0 aliphatic carbocycles. The van der Waals surface area contributed by atoms with Crippen LogP contribution in [0.1, 0.15) is 38.9 Å². The van der Waals surface area contributed by atoms with E-state index in [0.717, 1.165) is 36.4 Å². The minimum Gasteiger partial charge on any atom is -0.494 e. The SMILES string of the molecule is COc1cccc2c1nc(N)n1nc([C@@H]3CCN(c4cnn(C(C)(C)C)c4)C3)nc21. The molecule has 4 heterocycles. The number of fused-ring (bicyclic) bond motifs is 3. The zero-order valence-corrected chi connectivity index (χ0v) is 17.7. The second-order valence-electron chi connectivity index (χ2n) is 8.78. The molecule has 1 atom stereocenters. The van der Waals surface area contributed by atoms with E-state index in [0.29, 0.717) is 22.9 Å². The Labute approximate surface area is 174 Å². The zero-order chi connectivity index (χ0) is 21.0. The first kappa shape index (κ1) is 18.7. The van der Waals surface area contributed by atoms with E-state index in [-0.39, 0.29) is 11.5 Å². The number of methoxy groups -OCH3 is 1. The summed E-state index contributed by atoms with van der Waals surface area (Å²) in [5.41, 5.74) is 8.70. The normalized spacial score (nSPS) is 17.3. The number of benzene rings is 1. The van der Waals surface area contributed by atoms with Crippen LogP contribution in [-0.2, 0) is 5.54 Å². The number of hydrogen-bond acceptors (Lipinski definition) is 7. The lowest BCUT2D eigenvalue weighted by atomic mass is 10.1. The van der Waals surface area contributed by atoms with E-state index in [1.165, 1.54) is 0 Å². The fraction of sp³-hybridized carbons (Fsp3) is 0.429. The van der Waals surface area contributed by atoms with E-state index in [9.17, 15) is 0 Å². The second-order valence-corrected chi connectivity index (χ2v) is 8.78. The number of nitrogens with zero attached hydrogens (tertiary/aromatic N) is 7. The van der Waals surface area contributed by atoms with Gasteiger partial charge in [-0.1, -0.05) is 6.07 Å². The van der Waals surface area contributed by atoms with Crippen LogP contribution in [0.15, 0.2) is 30.6 Å².